The molecule has 0 aromatic heterocycles. The fraction of sp³-hybridized carbons (Fsp3) is 0.800. The van der Waals surface area contributed by atoms with Gasteiger partial charge in [-0.05, 0) is 6.92 Å². The molecule has 0 aliphatic heterocycles. The van der Waals surface area contributed by atoms with Gasteiger partial charge in [-0.25, -0.2) is 0 Å². The summed E-state index contributed by atoms with van der Waals surface area (Å²) < 4.78 is 23.3. The lowest BCUT2D eigenvalue weighted by Crippen LogP contribution is -2.44. The number of carbonyl (C=O) groups excluding carboxylic acids is 1. The molecule has 0 saturated heterocycles. The second-order valence-corrected chi connectivity index (χ2v) is 2.06. The normalized spacial score (nSPS) is 14.4. The third kappa shape index (κ3) is 2.77. The summed E-state index contributed by atoms with van der Waals surface area (Å²) in [6, 6.07) is 0. The predicted molar refractivity (Wildman–Crippen MR) is 30.1 cm³/mol. The van der Waals surface area contributed by atoms with Crippen LogP contribution in [0.4, 0.5) is 8.78 Å². The summed E-state index contributed by atoms with van der Waals surface area (Å²) in [5.41, 5.74) is 0. The highest BCUT2D eigenvalue weighted by Gasteiger charge is 2.41. The zero-order valence-corrected chi connectivity index (χ0v) is 6.04. The van der Waals surface area contributed by atoms with Gasteiger partial charge in [0.1, 0.15) is 6.23 Å². The highest BCUT2D eigenvalue weighted by atomic mass is 19.3. The lowest BCUT2D eigenvalue weighted by atomic mass is 10.4. The number of amides is 1. The monoisotopic (exact) mass is 168 g/mol. The van der Waals surface area contributed by atoms with Gasteiger partial charge in [0.05, 0.1) is 0 Å². The average molecular weight is 168 g/mol. The van der Waals surface area contributed by atoms with Crippen LogP contribution in [0, 0.1) is 0 Å². The second-order valence-electron chi connectivity index (χ2n) is 2.06. The molecule has 0 aromatic carbocycles. The van der Waals surface area contributed by atoms with Gasteiger partial charge in [-0.15, -0.1) is 5.11 Å². The quantitative estimate of drug-likeness (QED) is 0.581. The third-order valence-electron chi connectivity index (χ3n) is 1.13. The maximum absolute atomic E-state index is 11.7. The third-order valence-corrected chi connectivity index (χ3v) is 1.13. The number of aliphatic hydroxyl groups excluding tert-OH is 1. The van der Waals surface area contributed by atoms with E-state index >= 15 is 0 Å². The molecule has 0 rings (SSSR count). The van der Waals surface area contributed by atoms with Gasteiger partial charge in [-0.2, -0.15) is 8.78 Å². The van der Waals surface area contributed by atoms with Crippen LogP contribution < -0.4 is 0 Å². The van der Waals surface area contributed by atoms with E-state index in [1.807, 2.05) is 0 Å². The molecular weight excluding hydrogens is 160 g/mol. The number of carbonyl (C=O) groups is 1. The molecule has 0 aliphatic carbocycles. The highest BCUT2D eigenvalue weighted by molar-refractivity contribution is 5.81. The minimum absolute atomic E-state index is 0.271. The Morgan fingerprint density at radius 1 is 1.64 bits per heavy atom. The van der Waals surface area contributed by atoms with E-state index in [2.05, 4.69) is 0 Å². The molecule has 1 unspecified atom stereocenters. The fourth-order valence-electron chi connectivity index (χ4n) is 0.375. The van der Waals surface area contributed by atoms with Crippen molar-refractivity contribution in [2.45, 2.75) is 19.3 Å². The molecule has 1 N–H and O–H groups in total. The molecule has 0 aromatic rings. The lowest BCUT2D eigenvalue weighted by molar-refractivity contribution is -0.245. The van der Waals surface area contributed by atoms with E-state index in [9.17, 15) is 18.7 Å². The van der Waals surface area contributed by atoms with Crippen molar-refractivity contribution in [1.82, 2.24) is 4.90 Å². The van der Waals surface area contributed by atoms with Gasteiger partial charge in [0, 0.05) is 7.05 Å². The summed E-state index contributed by atoms with van der Waals surface area (Å²) in [6.45, 7) is 1.10. The molecule has 65 valence electrons. The van der Waals surface area contributed by atoms with Crippen molar-refractivity contribution in [1.29, 1.82) is 0 Å². The first-order valence-electron chi connectivity index (χ1n) is 2.80. The molecule has 0 saturated carbocycles. The second kappa shape index (κ2) is 3.10. The molecular formula is C5H8F2NO3. The van der Waals surface area contributed by atoms with Crippen LogP contribution in [-0.4, -0.2) is 35.3 Å². The fourth-order valence-corrected chi connectivity index (χ4v) is 0.375. The maximum atomic E-state index is 11.7. The minimum atomic E-state index is -4.66. The van der Waals surface area contributed by atoms with Crippen LogP contribution in [0.1, 0.15) is 6.92 Å². The van der Waals surface area contributed by atoms with Gasteiger partial charge in [0.15, 0.2) is 0 Å². The van der Waals surface area contributed by atoms with Crippen molar-refractivity contribution in [3.05, 3.63) is 0 Å². The van der Waals surface area contributed by atoms with Gasteiger partial charge in [0.25, 0.3) is 0 Å². The SMILES string of the molecule is CC(O)N(C)C(=O)C([O])(F)F. The van der Waals surface area contributed by atoms with Gasteiger partial charge in [0.2, 0.25) is 0 Å². The largest absolute Gasteiger partial charge is 0.463 e. The zero-order valence-electron chi connectivity index (χ0n) is 6.04. The first-order valence-corrected chi connectivity index (χ1v) is 2.80. The number of hydrogen-bond donors (Lipinski definition) is 1. The lowest BCUT2D eigenvalue weighted by Gasteiger charge is -2.21. The minimum Gasteiger partial charge on any atom is -0.374 e. The Morgan fingerprint density at radius 3 is 2.09 bits per heavy atom. The molecule has 0 spiro atoms. The smallest absolute Gasteiger partial charge is 0.374 e. The van der Waals surface area contributed by atoms with Gasteiger partial charge >= 0.3 is 12.0 Å². The zero-order chi connectivity index (χ0) is 9.23. The van der Waals surface area contributed by atoms with Crippen LogP contribution >= 0.6 is 0 Å². The summed E-state index contributed by atoms with van der Waals surface area (Å²) in [6.07, 6.45) is -6.05. The first kappa shape index (κ1) is 10.2. The molecule has 4 nitrogen and oxygen atoms in total. The Bertz CT molecular complexity index is 154. The number of hydrogen-bond acceptors (Lipinski definition) is 2. The molecule has 0 heterocycles. The Labute approximate surface area is 62.0 Å². The average Bonchev–Trinajstić information content (AvgIpc) is 1.82. The summed E-state index contributed by atoms with van der Waals surface area (Å²) in [7, 11) is 0.915. The first-order chi connectivity index (χ1) is 4.76. The van der Waals surface area contributed by atoms with E-state index in [1.54, 1.807) is 0 Å². The van der Waals surface area contributed by atoms with Crippen LogP contribution in [0.25, 0.3) is 0 Å². The number of halogens is 2. The van der Waals surface area contributed by atoms with E-state index in [0.717, 1.165) is 14.0 Å². The Morgan fingerprint density at radius 2 is 2.00 bits per heavy atom. The van der Waals surface area contributed by atoms with Crippen molar-refractivity contribution >= 4 is 5.91 Å². The van der Waals surface area contributed by atoms with Gasteiger partial charge in [-0.3, -0.25) is 4.79 Å². The molecule has 0 aliphatic rings. The van der Waals surface area contributed by atoms with Crippen LogP contribution in [0.5, 0.6) is 0 Å². The van der Waals surface area contributed by atoms with Crippen molar-refractivity contribution < 1.29 is 23.8 Å². The Hall–Kier alpha value is -0.750. The standard InChI is InChI=1S/C5H8F2NO3/c1-3(9)8(2)4(10)5(6,7)11/h3,9H,1-2H3. The number of rotatable bonds is 2. The van der Waals surface area contributed by atoms with Crippen molar-refractivity contribution in [2.75, 3.05) is 7.05 Å². The van der Waals surface area contributed by atoms with Crippen LogP contribution in [-0.2, 0) is 9.90 Å². The van der Waals surface area contributed by atoms with E-state index < -0.39 is 18.2 Å². The maximum Gasteiger partial charge on any atom is 0.463 e. The molecule has 6 heteroatoms. The van der Waals surface area contributed by atoms with E-state index in [0.29, 0.717) is 0 Å². The molecule has 1 radical (unpaired) electrons. The van der Waals surface area contributed by atoms with Gasteiger partial charge in [-0.1, -0.05) is 0 Å². The number of likely N-dealkylation sites (N-methyl/N-ethyl adjacent to an activating group) is 1. The van der Waals surface area contributed by atoms with Crippen LogP contribution in [0.2, 0.25) is 0 Å². The number of nitrogens with zero attached hydrogens (tertiary/aromatic N) is 1. The summed E-state index contributed by atoms with van der Waals surface area (Å²) >= 11 is 0. The molecule has 0 bridgehead atoms. The molecule has 0 fully saturated rings. The molecule has 1 amide bonds. The van der Waals surface area contributed by atoms with Crippen LogP contribution in [0.15, 0.2) is 0 Å². The van der Waals surface area contributed by atoms with Crippen molar-refractivity contribution in [3.63, 3.8) is 0 Å². The molecule has 1 atom stereocenters. The van der Waals surface area contributed by atoms with Crippen molar-refractivity contribution in [2.24, 2.45) is 0 Å². The Balaban J connectivity index is 4.26. The topological polar surface area (TPSA) is 60.4 Å². The van der Waals surface area contributed by atoms with E-state index in [4.69, 9.17) is 5.11 Å². The molecule has 11 heavy (non-hydrogen) atoms. The van der Waals surface area contributed by atoms with Crippen LogP contribution in [0.3, 0.4) is 0 Å². The number of alkyl halides is 2. The Kier molecular flexibility index (Phi) is 2.89. The summed E-state index contributed by atoms with van der Waals surface area (Å²) in [5.74, 6) is -1.94. The van der Waals surface area contributed by atoms with Crippen molar-refractivity contribution in [3.8, 4) is 0 Å². The predicted octanol–water partition coefficient (Wildman–Crippen LogP) is -0.194. The number of aliphatic hydroxyl groups is 1. The highest BCUT2D eigenvalue weighted by Crippen LogP contribution is 2.13. The summed E-state index contributed by atoms with van der Waals surface area (Å²) in [5, 5.41) is 18.3. The van der Waals surface area contributed by atoms with Gasteiger partial charge < -0.3 is 10.0 Å². The summed E-state index contributed by atoms with van der Waals surface area (Å²) in [4.78, 5) is 10.6. The van der Waals surface area contributed by atoms with E-state index in [-0.39, 0.29) is 4.90 Å². The van der Waals surface area contributed by atoms with E-state index in [1.165, 1.54) is 0 Å².